The lowest BCUT2D eigenvalue weighted by atomic mass is 9.96. The van der Waals surface area contributed by atoms with Crippen LogP contribution in [0.1, 0.15) is 17.5 Å². The van der Waals surface area contributed by atoms with Gasteiger partial charge in [0.05, 0.1) is 7.11 Å². The third-order valence-electron chi connectivity index (χ3n) is 2.93. The number of methoxy groups -OCH3 is 1. The lowest BCUT2D eigenvalue weighted by Gasteiger charge is -2.47. The number of aromatic nitrogens is 2. The number of hydrogen-bond donors (Lipinski definition) is 1. The molecule has 1 aliphatic rings. The van der Waals surface area contributed by atoms with Gasteiger partial charge in [0.25, 0.3) is 0 Å². The van der Waals surface area contributed by atoms with Gasteiger partial charge in [-0.05, 0) is 13.0 Å². The second-order valence-corrected chi connectivity index (χ2v) is 4.72. The minimum atomic E-state index is -1.00. The highest BCUT2D eigenvalue weighted by molar-refractivity contribution is 5.85. The molecule has 0 bridgehead atoms. The summed E-state index contributed by atoms with van der Waals surface area (Å²) in [5.41, 5.74) is -0.519. The van der Waals surface area contributed by atoms with Crippen molar-refractivity contribution in [2.75, 3.05) is 31.7 Å². The predicted octanol–water partition coefficient (Wildman–Crippen LogP) is -0.0569. The lowest BCUT2D eigenvalue weighted by Crippen LogP contribution is -2.62. The number of carbonyl (C=O) groups is 2. The molecule has 0 unspecified atom stereocenters. The Morgan fingerprint density at radius 2 is 2.20 bits per heavy atom. The fraction of sp³-hybridized carbons (Fsp3) is 0.500. The fourth-order valence-corrected chi connectivity index (χ4v) is 1.97. The maximum atomic E-state index is 11.3. The molecule has 0 aromatic carbocycles. The molecule has 108 valence electrons. The van der Waals surface area contributed by atoms with E-state index in [9.17, 15) is 9.59 Å². The predicted molar refractivity (Wildman–Crippen MR) is 67.6 cm³/mol. The van der Waals surface area contributed by atoms with Crippen LogP contribution in [-0.2, 0) is 14.3 Å². The van der Waals surface area contributed by atoms with Gasteiger partial charge in [0.1, 0.15) is 18.0 Å². The molecule has 1 aromatic rings. The first-order valence-corrected chi connectivity index (χ1v) is 5.95. The summed E-state index contributed by atoms with van der Waals surface area (Å²) in [5, 5.41) is 8.59. The number of ether oxygens (including phenoxy) is 2. The Morgan fingerprint density at radius 1 is 1.50 bits per heavy atom. The highest BCUT2D eigenvalue weighted by Crippen LogP contribution is 2.28. The zero-order chi connectivity index (χ0) is 14.8. The zero-order valence-corrected chi connectivity index (χ0v) is 11.2. The number of hydrogen-bond acceptors (Lipinski definition) is 7. The molecule has 1 aliphatic heterocycles. The molecule has 1 fully saturated rings. The van der Waals surface area contributed by atoms with Crippen LogP contribution in [0.5, 0.6) is 0 Å². The summed E-state index contributed by atoms with van der Waals surface area (Å²) in [6.45, 7) is 2.49. The summed E-state index contributed by atoms with van der Waals surface area (Å²) in [6, 6.07) is 1.67. The second-order valence-electron chi connectivity index (χ2n) is 4.72. The van der Waals surface area contributed by atoms with E-state index in [2.05, 4.69) is 14.7 Å². The Hall–Kier alpha value is -2.22. The van der Waals surface area contributed by atoms with E-state index >= 15 is 0 Å². The number of nitrogens with zero attached hydrogens (tertiary/aromatic N) is 3. The van der Waals surface area contributed by atoms with E-state index < -0.39 is 17.5 Å². The van der Waals surface area contributed by atoms with Gasteiger partial charge < -0.3 is 19.5 Å². The van der Waals surface area contributed by atoms with E-state index in [1.54, 1.807) is 6.07 Å². The van der Waals surface area contributed by atoms with Crippen molar-refractivity contribution in [3.05, 3.63) is 18.1 Å². The standard InChI is InChI=1S/C12H15N3O5/c1-12(20-5-9(16)17)6-15(7-12)8-3-4-13-10(14-8)11(18)19-2/h3-4H,5-7H2,1-2H3,(H,16,17). The van der Waals surface area contributed by atoms with Gasteiger partial charge in [0.2, 0.25) is 5.82 Å². The molecule has 0 atom stereocenters. The molecule has 1 N–H and O–H groups in total. The molecule has 0 aliphatic carbocycles. The van der Waals surface area contributed by atoms with E-state index in [1.165, 1.54) is 13.3 Å². The van der Waals surface area contributed by atoms with Crippen LogP contribution < -0.4 is 4.90 Å². The van der Waals surface area contributed by atoms with Crippen LogP contribution in [-0.4, -0.2) is 59.4 Å². The average Bonchev–Trinajstić information content (AvgIpc) is 2.41. The van der Waals surface area contributed by atoms with Crippen molar-refractivity contribution in [3.63, 3.8) is 0 Å². The minimum absolute atomic E-state index is 0.00921. The highest BCUT2D eigenvalue weighted by atomic mass is 16.5. The molecular weight excluding hydrogens is 266 g/mol. The van der Waals surface area contributed by atoms with Crippen molar-refractivity contribution >= 4 is 17.8 Å². The second kappa shape index (κ2) is 5.41. The van der Waals surface area contributed by atoms with Crippen LogP contribution in [0.15, 0.2) is 12.3 Å². The number of esters is 1. The molecule has 0 amide bonds. The quantitative estimate of drug-likeness (QED) is 0.749. The number of rotatable bonds is 5. The van der Waals surface area contributed by atoms with Crippen molar-refractivity contribution in [1.29, 1.82) is 0 Å². The van der Waals surface area contributed by atoms with Gasteiger partial charge in [-0.15, -0.1) is 0 Å². The molecule has 8 nitrogen and oxygen atoms in total. The molecule has 2 heterocycles. The van der Waals surface area contributed by atoms with Crippen LogP contribution in [0.25, 0.3) is 0 Å². The maximum Gasteiger partial charge on any atom is 0.376 e. The highest BCUT2D eigenvalue weighted by Gasteiger charge is 2.41. The number of anilines is 1. The number of carbonyl (C=O) groups excluding carboxylic acids is 1. The molecule has 0 spiro atoms. The topological polar surface area (TPSA) is 102 Å². The SMILES string of the molecule is COC(=O)c1nccc(N2CC(C)(OCC(=O)O)C2)n1. The van der Waals surface area contributed by atoms with E-state index in [-0.39, 0.29) is 12.4 Å². The first-order valence-electron chi connectivity index (χ1n) is 5.95. The van der Waals surface area contributed by atoms with Crippen molar-refractivity contribution in [1.82, 2.24) is 9.97 Å². The molecule has 2 rings (SSSR count). The first-order chi connectivity index (χ1) is 9.43. The number of carboxylic acid groups (broad SMARTS) is 1. The molecule has 0 radical (unpaired) electrons. The Balaban J connectivity index is 1.98. The third-order valence-corrected chi connectivity index (χ3v) is 2.93. The van der Waals surface area contributed by atoms with Gasteiger partial charge in [-0.3, -0.25) is 0 Å². The Bertz CT molecular complexity index is 528. The van der Waals surface area contributed by atoms with Crippen molar-refractivity contribution in [2.24, 2.45) is 0 Å². The van der Waals surface area contributed by atoms with Crippen molar-refractivity contribution < 1.29 is 24.2 Å². The maximum absolute atomic E-state index is 11.3. The molecule has 8 heteroatoms. The van der Waals surface area contributed by atoms with Gasteiger partial charge in [-0.25, -0.2) is 19.6 Å². The number of carboxylic acids is 1. The molecule has 20 heavy (non-hydrogen) atoms. The normalized spacial score (nSPS) is 16.4. The van der Waals surface area contributed by atoms with Crippen LogP contribution in [0.4, 0.5) is 5.82 Å². The van der Waals surface area contributed by atoms with Gasteiger partial charge >= 0.3 is 11.9 Å². The summed E-state index contributed by atoms with van der Waals surface area (Å²) in [6.07, 6.45) is 1.47. The van der Waals surface area contributed by atoms with Crippen molar-refractivity contribution in [3.8, 4) is 0 Å². The van der Waals surface area contributed by atoms with E-state index in [4.69, 9.17) is 9.84 Å². The van der Waals surface area contributed by atoms with Crippen LogP contribution in [0.2, 0.25) is 0 Å². The Kier molecular flexibility index (Phi) is 3.84. The van der Waals surface area contributed by atoms with Crippen LogP contribution in [0.3, 0.4) is 0 Å². The Labute approximate surface area is 115 Å². The largest absolute Gasteiger partial charge is 0.480 e. The summed E-state index contributed by atoms with van der Waals surface area (Å²) in [7, 11) is 1.26. The molecular formula is C12H15N3O5. The molecule has 1 saturated heterocycles. The molecule has 0 saturated carbocycles. The van der Waals surface area contributed by atoms with E-state index in [0.717, 1.165) is 0 Å². The summed E-state index contributed by atoms with van der Waals surface area (Å²) in [5.74, 6) is -1.03. The monoisotopic (exact) mass is 281 g/mol. The van der Waals surface area contributed by atoms with Crippen LogP contribution in [0, 0.1) is 0 Å². The summed E-state index contributed by atoms with van der Waals surface area (Å²) >= 11 is 0. The Morgan fingerprint density at radius 3 is 2.80 bits per heavy atom. The third kappa shape index (κ3) is 3.02. The van der Waals surface area contributed by atoms with Crippen molar-refractivity contribution in [2.45, 2.75) is 12.5 Å². The zero-order valence-electron chi connectivity index (χ0n) is 11.2. The fourth-order valence-electron chi connectivity index (χ4n) is 1.97. The van der Waals surface area contributed by atoms with Crippen LogP contribution >= 0.6 is 0 Å². The van der Waals surface area contributed by atoms with Gasteiger partial charge in [-0.1, -0.05) is 0 Å². The van der Waals surface area contributed by atoms with Gasteiger partial charge in [0, 0.05) is 19.3 Å². The average molecular weight is 281 g/mol. The summed E-state index contributed by atoms with van der Waals surface area (Å²) < 4.78 is 9.86. The van der Waals surface area contributed by atoms with E-state index in [1.807, 2.05) is 11.8 Å². The first kappa shape index (κ1) is 14.2. The number of aliphatic carboxylic acids is 1. The van der Waals surface area contributed by atoms with E-state index in [0.29, 0.717) is 18.9 Å². The minimum Gasteiger partial charge on any atom is -0.480 e. The lowest BCUT2D eigenvalue weighted by molar-refractivity contribution is -0.150. The summed E-state index contributed by atoms with van der Waals surface area (Å²) in [4.78, 5) is 31.6. The van der Waals surface area contributed by atoms with Gasteiger partial charge in [0.15, 0.2) is 0 Å². The van der Waals surface area contributed by atoms with Gasteiger partial charge in [-0.2, -0.15) is 0 Å². The smallest absolute Gasteiger partial charge is 0.376 e. The molecule has 1 aromatic heterocycles.